The van der Waals surface area contributed by atoms with Crippen LogP contribution in [0.5, 0.6) is 0 Å². The fraction of sp³-hybridized carbons (Fsp3) is 0.250. The summed E-state index contributed by atoms with van der Waals surface area (Å²) in [7, 11) is 0. The van der Waals surface area contributed by atoms with Crippen LogP contribution in [0.15, 0.2) is 10.5 Å². The zero-order chi connectivity index (χ0) is 8.43. The van der Waals surface area contributed by atoms with E-state index in [9.17, 15) is 9.59 Å². The third-order valence-electron chi connectivity index (χ3n) is 1.43. The van der Waals surface area contributed by atoms with Crippen LogP contribution in [-0.2, 0) is 0 Å². The van der Waals surface area contributed by atoms with E-state index < -0.39 is 0 Å². The maximum atomic E-state index is 10.7. The molecule has 0 atom stereocenters. The molecule has 0 radical (unpaired) electrons. The van der Waals surface area contributed by atoms with Gasteiger partial charge in [0, 0.05) is 6.92 Å². The fourth-order valence-electron chi connectivity index (χ4n) is 0.787. The largest absolute Gasteiger partial charge is 0.458 e. The second-order valence-electron chi connectivity index (χ2n) is 2.30. The van der Waals surface area contributed by atoms with Gasteiger partial charge in [-0.05, 0) is 13.0 Å². The van der Waals surface area contributed by atoms with Crippen molar-refractivity contribution in [3.8, 4) is 0 Å². The highest BCUT2D eigenvalue weighted by molar-refractivity contribution is 5.93. The first-order valence-corrected chi connectivity index (χ1v) is 3.21. The van der Waals surface area contributed by atoms with Crippen LogP contribution in [0.2, 0.25) is 0 Å². The predicted octanol–water partition coefficient (Wildman–Crippen LogP) is 1.60. The molecule has 0 bridgehead atoms. The minimum Gasteiger partial charge on any atom is -0.458 e. The van der Waals surface area contributed by atoms with Crippen LogP contribution in [0, 0.1) is 6.92 Å². The molecule has 0 saturated heterocycles. The van der Waals surface area contributed by atoms with Gasteiger partial charge in [-0.15, -0.1) is 0 Å². The highest BCUT2D eigenvalue weighted by Crippen LogP contribution is 2.12. The topological polar surface area (TPSA) is 47.3 Å². The highest BCUT2D eigenvalue weighted by Gasteiger charge is 2.08. The van der Waals surface area contributed by atoms with Gasteiger partial charge in [-0.1, -0.05) is 0 Å². The number of ketones is 1. The number of carbonyl (C=O) groups excluding carboxylic acids is 2. The molecule has 0 aromatic carbocycles. The standard InChI is InChI=1S/C8H8O3/c1-5(10)8-3-7(4-9)6(2)11-8/h3-4H,1-2H3. The van der Waals surface area contributed by atoms with Crippen molar-refractivity contribution in [2.45, 2.75) is 13.8 Å². The van der Waals surface area contributed by atoms with Crippen molar-refractivity contribution in [1.82, 2.24) is 0 Å². The van der Waals surface area contributed by atoms with Gasteiger partial charge in [0.2, 0.25) is 0 Å². The van der Waals surface area contributed by atoms with E-state index in [1.54, 1.807) is 6.92 Å². The molecule has 1 rings (SSSR count). The number of aryl methyl sites for hydroxylation is 1. The van der Waals surface area contributed by atoms with Gasteiger partial charge in [-0.25, -0.2) is 0 Å². The van der Waals surface area contributed by atoms with Crippen molar-refractivity contribution in [3.63, 3.8) is 0 Å². The van der Waals surface area contributed by atoms with Crippen LogP contribution in [0.4, 0.5) is 0 Å². The van der Waals surface area contributed by atoms with Crippen molar-refractivity contribution in [2.24, 2.45) is 0 Å². The molecular weight excluding hydrogens is 144 g/mol. The Morgan fingerprint density at radius 3 is 2.55 bits per heavy atom. The molecule has 0 spiro atoms. The molecule has 0 saturated carbocycles. The third-order valence-corrected chi connectivity index (χ3v) is 1.43. The summed E-state index contributed by atoms with van der Waals surface area (Å²) in [4.78, 5) is 21.0. The Morgan fingerprint density at radius 1 is 1.64 bits per heavy atom. The van der Waals surface area contributed by atoms with Crippen LogP contribution in [0.25, 0.3) is 0 Å². The SMILES string of the molecule is CC(=O)c1cc(C=O)c(C)o1. The summed E-state index contributed by atoms with van der Waals surface area (Å²) >= 11 is 0. The first-order chi connectivity index (χ1) is 5.15. The van der Waals surface area contributed by atoms with Crippen LogP contribution in [0.3, 0.4) is 0 Å². The Balaban J connectivity index is 3.14. The van der Waals surface area contributed by atoms with Crippen LogP contribution in [-0.4, -0.2) is 12.1 Å². The molecule has 0 fully saturated rings. The van der Waals surface area contributed by atoms with E-state index in [2.05, 4.69) is 0 Å². The maximum Gasteiger partial charge on any atom is 0.194 e. The Bertz CT molecular complexity index is 296. The minimum atomic E-state index is -0.166. The summed E-state index contributed by atoms with van der Waals surface area (Å²) in [5.74, 6) is 0.566. The molecule has 0 aliphatic rings. The van der Waals surface area contributed by atoms with Crippen LogP contribution >= 0.6 is 0 Å². The van der Waals surface area contributed by atoms with Gasteiger partial charge in [-0.3, -0.25) is 9.59 Å². The predicted molar refractivity (Wildman–Crippen MR) is 38.8 cm³/mol. The second-order valence-corrected chi connectivity index (χ2v) is 2.30. The minimum absolute atomic E-state index is 0.166. The molecule has 0 unspecified atom stereocenters. The van der Waals surface area contributed by atoms with Gasteiger partial charge < -0.3 is 4.42 Å². The number of rotatable bonds is 2. The number of hydrogen-bond donors (Lipinski definition) is 0. The normalized spacial score (nSPS) is 9.64. The zero-order valence-corrected chi connectivity index (χ0v) is 6.38. The monoisotopic (exact) mass is 152 g/mol. The average molecular weight is 152 g/mol. The van der Waals surface area contributed by atoms with Gasteiger partial charge in [-0.2, -0.15) is 0 Å². The molecule has 0 amide bonds. The quantitative estimate of drug-likeness (QED) is 0.477. The summed E-state index contributed by atoms with van der Waals surface area (Å²) in [5, 5.41) is 0. The highest BCUT2D eigenvalue weighted by atomic mass is 16.3. The van der Waals surface area contributed by atoms with Gasteiger partial charge in [0.15, 0.2) is 17.8 Å². The Hall–Kier alpha value is -1.38. The molecule has 3 heteroatoms. The van der Waals surface area contributed by atoms with Crippen molar-refractivity contribution >= 4 is 12.1 Å². The molecule has 11 heavy (non-hydrogen) atoms. The Morgan fingerprint density at radius 2 is 2.27 bits per heavy atom. The summed E-state index contributed by atoms with van der Waals surface area (Å²) < 4.78 is 4.99. The first kappa shape index (κ1) is 7.72. The van der Waals surface area contributed by atoms with E-state index in [-0.39, 0.29) is 11.5 Å². The molecule has 3 nitrogen and oxygen atoms in total. The summed E-state index contributed by atoms with van der Waals surface area (Å²) in [5.41, 5.74) is 0.440. The Kier molecular flexibility index (Phi) is 1.89. The van der Waals surface area contributed by atoms with Gasteiger partial charge in [0.25, 0.3) is 0 Å². The number of hydrogen-bond acceptors (Lipinski definition) is 3. The van der Waals surface area contributed by atoms with E-state index in [1.807, 2.05) is 0 Å². The lowest BCUT2D eigenvalue weighted by molar-refractivity contribution is 0.0985. The first-order valence-electron chi connectivity index (χ1n) is 3.21. The van der Waals surface area contributed by atoms with E-state index in [0.29, 0.717) is 17.6 Å². The van der Waals surface area contributed by atoms with Crippen molar-refractivity contribution < 1.29 is 14.0 Å². The molecule has 1 heterocycles. The molecule has 1 aromatic rings. The summed E-state index contributed by atoms with van der Waals surface area (Å²) in [6.45, 7) is 3.04. The lowest BCUT2D eigenvalue weighted by atomic mass is 10.2. The molecule has 1 aromatic heterocycles. The zero-order valence-electron chi connectivity index (χ0n) is 6.38. The number of Topliss-reactive ketones (excluding diaryl/α,β-unsaturated/α-hetero) is 1. The molecule has 0 aliphatic carbocycles. The van der Waals surface area contributed by atoms with Gasteiger partial charge in [0.1, 0.15) is 5.76 Å². The van der Waals surface area contributed by atoms with Crippen LogP contribution < -0.4 is 0 Å². The lowest BCUT2D eigenvalue weighted by Crippen LogP contribution is -1.86. The smallest absolute Gasteiger partial charge is 0.194 e. The molecule has 0 aliphatic heterocycles. The van der Waals surface area contributed by atoms with Crippen LogP contribution in [0.1, 0.15) is 33.6 Å². The lowest BCUT2D eigenvalue weighted by Gasteiger charge is -1.83. The number of aldehydes is 1. The second kappa shape index (κ2) is 2.70. The fourth-order valence-corrected chi connectivity index (χ4v) is 0.787. The van der Waals surface area contributed by atoms with E-state index in [0.717, 1.165) is 0 Å². The van der Waals surface area contributed by atoms with E-state index in [4.69, 9.17) is 4.42 Å². The van der Waals surface area contributed by atoms with Crippen molar-refractivity contribution in [2.75, 3.05) is 0 Å². The van der Waals surface area contributed by atoms with Crippen molar-refractivity contribution in [3.05, 3.63) is 23.2 Å². The maximum absolute atomic E-state index is 10.7. The van der Waals surface area contributed by atoms with E-state index >= 15 is 0 Å². The molecule has 58 valence electrons. The molecular formula is C8H8O3. The Labute approximate surface area is 64.0 Å². The molecule has 0 N–H and O–H groups in total. The van der Waals surface area contributed by atoms with Crippen molar-refractivity contribution in [1.29, 1.82) is 0 Å². The number of carbonyl (C=O) groups is 2. The summed E-state index contributed by atoms with van der Waals surface area (Å²) in [6.07, 6.45) is 0.672. The van der Waals surface area contributed by atoms with Gasteiger partial charge >= 0.3 is 0 Å². The third kappa shape index (κ3) is 1.37. The average Bonchev–Trinajstić information content (AvgIpc) is 2.31. The number of furan rings is 1. The summed E-state index contributed by atoms with van der Waals surface area (Å²) in [6, 6.07) is 1.45. The van der Waals surface area contributed by atoms with Gasteiger partial charge in [0.05, 0.1) is 5.56 Å². The van der Waals surface area contributed by atoms with E-state index in [1.165, 1.54) is 13.0 Å².